The van der Waals surface area contributed by atoms with Gasteiger partial charge >= 0.3 is 0 Å². The van der Waals surface area contributed by atoms with E-state index in [1.165, 1.54) is 12.1 Å². The van der Waals surface area contributed by atoms with Gasteiger partial charge < -0.3 is 10.1 Å². The largest absolute Gasteiger partial charge is 0.492 e. The molecule has 1 amide bonds. The van der Waals surface area contributed by atoms with Gasteiger partial charge in [-0.15, -0.1) is 0 Å². The number of anilines is 1. The molecular weight excluding hydrogens is 538 g/mol. The van der Waals surface area contributed by atoms with E-state index < -0.39 is 10.0 Å². The Morgan fingerprint density at radius 3 is 2.41 bits per heavy atom. The predicted molar refractivity (Wildman–Crippen MR) is 142 cm³/mol. The SMILES string of the molecule is CC(C)COc1ccc(C(=O)NC(=S)Nc2ccc(S(=O)(=O)NC3CCCCC3)cc2)cc1Br. The second-order valence-corrected chi connectivity index (χ2v) is 11.7. The number of carbonyl (C=O) groups is 1. The first-order valence-corrected chi connectivity index (χ1v) is 14.0. The molecule has 0 bridgehead atoms. The maximum Gasteiger partial charge on any atom is 0.257 e. The van der Waals surface area contributed by atoms with E-state index in [1.807, 2.05) is 0 Å². The van der Waals surface area contributed by atoms with Crippen LogP contribution in [0.3, 0.4) is 0 Å². The smallest absolute Gasteiger partial charge is 0.257 e. The Balaban J connectivity index is 1.55. The highest BCUT2D eigenvalue weighted by Gasteiger charge is 2.21. The van der Waals surface area contributed by atoms with Gasteiger partial charge in [0.1, 0.15) is 5.75 Å². The van der Waals surface area contributed by atoms with Crippen molar-refractivity contribution in [3.05, 3.63) is 52.5 Å². The minimum absolute atomic E-state index is 0.00443. The van der Waals surface area contributed by atoms with Crippen LogP contribution in [0.5, 0.6) is 5.75 Å². The van der Waals surface area contributed by atoms with E-state index in [2.05, 4.69) is 45.1 Å². The van der Waals surface area contributed by atoms with Crippen LogP contribution in [-0.2, 0) is 10.0 Å². The fourth-order valence-corrected chi connectivity index (χ4v) is 5.59. The highest BCUT2D eigenvalue weighted by Crippen LogP contribution is 2.26. The van der Waals surface area contributed by atoms with Crippen molar-refractivity contribution in [1.82, 2.24) is 10.0 Å². The summed E-state index contributed by atoms with van der Waals surface area (Å²) in [4.78, 5) is 12.8. The van der Waals surface area contributed by atoms with Crippen LogP contribution in [0.2, 0.25) is 0 Å². The molecule has 10 heteroatoms. The highest BCUT2D eigenvalue weighted by atomic mass is 79.9. The third kappa shape index (κ3) is 7.76. The van der Waals surface area contributed by atoms with Crippen LogP contribution >= 0.6 is 28.1 Å². The molecule has 3 N–H and O–H groups in total. The van der Waals surface area contributed by atoms with Crippen molar-refractivity contribution < 1.29 is 17.9 Å². The van der Waals surface area contributed by atoms with Crippen molar-refractivity contribution in [1.29, 1.82) is 0 Å². The molecule has 3 rings (SSSR count). The molecule has 0 aliphatic heterocycles. The topological polar surface area (TPSA) is 96.5 Å². The molecule has 0 aromatic heterocycles. The molecule has 1 saturated carbocycles. The van der Waals surface area contributed by atoms with Crippen molar-refractivity contribution in [2.75, 3.05) is 11.9 Å². The van der Waals surface area contributed by atoms with Gasteiger partial charge in [0.2, 0.25) is 10.0 Å². The molecule has 0 radical (unpaired) electrons. The van der Waals surface area contributed by atoms with E-state index in [0.717, 1.165) is 32.1 Å². The number of ether oxygens (including phenoxy) is 1. The third-order valence-corrected chi connectivity index (χ3v) is 7.70. The molecule has 0 saturated heterocycles. The normalized spacial score (nSPS) is 14.6. The van der Waals surface area contributed by atoms with Crippen LogP contribution in [0, 0.1) is 5.92 Å². The molecule has 34 heavy (non-hydrogen) atoms. The zero-order valence-electron chi connectivity index (χ0n) is 19.3. The zero-order valence-corrected chi connectivity index (χ0v) is 22.5. The van der Waals surface area contributed by atoms with Crippen molar-refractivity contribution >= 4 is 54.9 Å². The molecule has 7 nitrogen and oxygen atoms in total. The summed E-state index contributed by atoms with van der Waals surface area (Å²) in [5.74, 6) is 0.684. The van der Waals surface area contributed by atoms with Gasteiger partial charge in [-0.1, -0.05) is 33.1 Å². The number of hydrogen-bond donors (Lipinski definition) is 3. The average Bonchev–Trinajstić information content (AvgIpc) is 2.78. The third-order valence-electron chi connectivity index (χ3n) is 5.34. The summed E-state index contributed by atoms with van der Waals surface area (Å²) >= 11 is 8.68. The van der Waals surface area contributed by atoms with Gasteiger partial charge in [0, 0.05) is 17.3 Å². The lowest BCUT2D eigenvalue weighted by molar-refractivity contribution is 0.0977. The Bertz CT molecular complexity index is 1120. The Labute approximate surface area is 215 Å². The second-order valence-electron chi connectivity index (χ2n) is 8.74. The number of benzene rings is 2. The van der Waals surface area contributed by atoms with Crippen molar-refractivity contribution in [2.24, 2.45) is 5.92 Å². The fourth-order valence-electron chi connectivity index (χ4n) is 3.58. The van der Waals surface area contributed by atoms with E-state index in [4.69, 9.17) is 17.0 Å². The summed E-state index contributed by atoms with van der Waals surface area (Å²) in [6.07, 6.45) is 5.00. The van der Waals surface area contributed by atoms with Crippen LogP contribution in [0.4, 0.5) is 5.69 Å². The lowest BCUT2D eigenvalue weighted by Gasteiger charge is -2.22. The highest BCUT2D eigenvalue weighted by molar-refractivity contribution is 9.10. The summed E-state index contributed by atoms with van der Waals surface area (Å²) in [6.45, 7) is 4.70. The number of rotatable bonds is 8. The minimum Gasteiger partial charge on any atom is -0.492 e. The first-order valence-electron chi connectivity index (χ1n) is 11.3. The molecule has 184 valence electrons. The van der Waals surface area contributed by atoms with Crippen LogP contribution in [0.25, 0.3) is 0 Å². The molecule has 1 fully saturated rings. The number of hydrogen-bond acceptors (Lipinski definition) is 5. The number of nitrogens with one attached hydrogen (secondary N) is 3. The molecule has 1 aliphatic carbocycles. The second kappa shape index (κ2) is 12.1. The molecule has 2 aromatic rings. The maximum absolute atomic E-state index is 12.6. The molecule has 0 heterocycles. The van der Waals surface area contributed by atoms with E-state index in [-0.39, 0.29) is 22.0 Å². The summed E-state index contributed by atoms with van der Waals surface area (Å²) in [5.41, 5.74) is 0.990. The monoisotopic (exact) mass is 567 g/mol. The van der Waals surface area contributed by atoms with Gasteiger partial charge in [0.05, 0.1) is 16.0 Å². The quantitative estimate of drug-likeness (QED) is 0.378. The summed E-state index contributed by atoms with van der Waals surface area (Å²) < 4.78 is 34.4. The Morgan fingerprint density at radius 2 is 1.79 bits per heavy atom. The van der Waals surface area contributed by atoms with E-state index in [9.17, 15) is 13.2 Å². The first-order chi connectivity index (χ1) is 16.1. The van der Waals surface area contributed by atoms with Gasteiger partial charge in [-0.25, -0.2) is 13.1 Å². The van der Waals surface area contributed by atoms with Gasteiger partial charge in [-0.3, -0.25) is 10.1 Å². The van der Waals surface area contributed by atoms with Crippen LogP contribution in [0.1, 0.15) is 56.3 Å². The van der Waals surface area contributed by atoms with Gasteiger partial charge in [-0.2, -0.15) is 0 Å². The predicted octanol–water partition coefficient (Wildman–Crippen LogP) is 5.22. The number of sulfonamides is 1. The Hall–Kier alpha value is -2.01. The molecule has 0 unspecified atom stereocenters. The fraction of sp³-hybridized carbons (Fsp3) is 0.417. The standard InChI is InChI=1S/C24H30BrN3O4S2/c1-16(2)15-32-22-13-8-17(14-21(22)25)23(29)27-24(33)26-18-9-11-20(12-10-18)34(30,31)28-19-6-4-3-5-7-19/h8-14,16,19,28H,3-7,15H2,1-2H3,(H2,26,27,29,33). The van der Waals surface area contributed by atoms with E-state index in [1.54, 1.807) is 30.3 Å². The molecule has 2 aromatic carbocycles. The molecular formula is C24H30BrN3O4S2. The van der Waals surface area contributed by atoms with Crippen LogP contribution < -0.4 is 20.1 Å². The van der Waals surface area contributed by atoms with Crippen molar-refractivity contribution in [3.8, 4) is 5.75 Å². The Kier molecular flexibility index (Phi) is 9.47. The average molecular weight is 569 g/mol. The summed E-state index contributed by atoms with van der Waals surface area (Å²) in [7, 11) is -3.57. The maximum atomic E-state index is 12.6. The molecule has 0 spiro atoms. The van der Waals surface area contributed by atoms with E-state index in [0.29, 0.717) is 34.0 Å². The lowest BCUT2D eigenvalue weighted by Crippen LogP contribution is -2.36. The van der Waals surface area contributed by atoms with Crippen LogP contribution in [0.15, 0.2) is 51.8 Å². The van der Waals surface area contributed by atoms with Gasteiger partial charge in [0.15, 0.2) is 5.11 Å². The zero-order chi connectivity index (χ0) is 24.7. The molecule has 1 aliphatic rings. The van der Waals surface area contributed by atoms with Gasteiger partial charge in [-0.05, 0) is 89.4 Å². The number of halogens is 1. The summed E-state index contributed by atoms with van der Waals surface area (Å²) in [5, 5.41) is 5.65. The number of amides is 1. The molecule has 0 atom stereocenters. The van der Waals surface area contributed by atoms with E-state index >= 15 is 0 Å². The summed E-state index contributed by atoms with van der Waals surface area (Å²) in [6, 6.07) is 11.3. The minimum atomic E-state index is -3.57. The van der Waals surface area contributed by atoms with Crippen molar-refractivity contribution in [3.63, 3.8) is 0 Å². The lowest BCUT2D eigenvalue weighted by atomic mass is 9.96. The van der Waals surface area contributed by atoms with Crippen LogP contribution in [-0.4, -0.2) is 32.1 Å². The number of carbonyl (C=O) groups excluding carboxylic acids is 1. The first kappa shape index (κ1) is 26.6. The number of thiocarbonyl (C=S) groups is 1. The van der Waals surface area contributed by atoms with Gasteiger partial charge in [0.25, 0.3) is 5.91 Å². The van der Waals surface area contributed by atoms with Crippen molar-refractivity contribution in [2.45, 2.75) is 56.9 Å². The Morgan fingerprint density at radius 1 is 1.12 bits per heavy atom.